The van der Waals surface area contributed by atoms with Gasteiger partial charge in [-0.1, -0.05) is 24.3 Å². The molecule has 1 aliphatic rings. The van der Waals surface area contributed by atoms with Gasteiger partial charge < -0.3 is 19.7 Å². The van der Waals surface area contributed by atoms with Gasteiger partial charge >= 0.3 is 5.97 Å². The van der Waals surface area contributed by atoms with Crippen LogP contribution in [0, 0.1) is 5.82 Å². The summed E-state index contributed by atoms with van der Waals surface area (Å²) in [5, 5.41) is 19.0. The highest BCUT2D eigenvalue weighted by molar-refractivity contribution is 5.67. The second-order valence-corrected chi connectivity index (χ2v) is 7.31. The number of carbonyl (C=O) groups is 1. The smallest absolute Gasteiger partial charge is 0.306 e. The molecule has 4 rings (SSSR count). The number of nitrogens with zero attached hydrogens (tertiary/aromatic N) is 2. The van der Waals surface area contributed by atoms with Crippen molar-refractivity contribution in [3.05, 3.63) is 71.3 Å². The van der Waals surface area contributed by atoms with Crippen LogP contribution in [0.1, 0.15) is 41.7 Å². The van der Waals surface area contributed by atoms with Gasteiger partial charge in [-0.2, -0.15) is 0 Å². The molecular formula is C23H21FN2O5. The molecule has 0 aliphatic carbocycles. The number of aliphatic carboxylic acids is 1. The van der Waals surface area contributed by atoms with E-state index in [-0.39, 0.29) is 0 Å². The molecule has 8 heteroatoms. The van der Waals surface area contributed by atoms with E-state index in [0.29, 0.717) is 46.9 Å². The lowest BCUT2D eigenvalue weighted by molar-refractivity contribution is -0.139. The van der Waals surface area contributed by atoms with Gasteiger partial charge in [-0.15, -0.1) is 0 Å². The highest BCUT2D eigenvalue weighted by Gasteiger charge is 2.25. The van der Waals surface area contributed by atoms with Crippen LogP contribution in [-0.4, -0.2) is 33.3 Å². The Morgan fingerprint density at radius 3 is 2.87 bits per heavy atom. The fraction of sp³-hybridized carbons (Fsp3) is 0.261. The third-order valence-corrected chi connectivity index (χ3v) is 5.25. The lowest BCUT2D eigenvalue weighted by Crippen LogP contribution is -2.17. The number of hydrogen-bond acceptors (Lipinski definition) is 6. The topological polar surface area (TPSA) is 102 Å². The first-order chi connectivity index (χ1) is 14.9. The van der Waals surface area contributed by atoms with E-state index in [9.17, 15) is 14.3 Å². The molecule has 0 saturated heterocycles. The number of ether oxygens (including phenoxy) is 2. The number of halogens is 1. The first-order valence-corrected chi connectivity index (χ1v) is 9.80. The second kappa shape index (κ2) is 8.69. The van der Waals surface area contributed by atoms with Crippen LogP contribution in [0.5, 0.6) is 11.6 Å². The number of fused-ring (bicyclic) bond motifs is 1. The van der Waals surface area contributed by atoms with E-state index in [0.717, 1.165) is 5.56 Å². The Bertz CT molecular complexity index is 1120. The molecule has 1 aliphatic heterocycles. The minimum atomic E-state index is -1.13. The molecule has 2 heterocycles. The van der Waals surface area contributed by atoms with Crippen molar-refractivity contribution in [2.75, 3.05) is 7.11 Å². The quantitative estimate of drug-likeness (QED) is 0.619. The Hall–Kier alpha value is -3.52. The van der Waals surface area contributed by atoms with Crippen molar-refractivity contribution in [1.82, 2.24) is 9.97 Å². The SMILES string of the molecule is COc1cncc(-c2ccc(C3CCc4ccc([C@H](O)CC(=O)O)cc4O3)c(F)c2)n1. The molecule has 0 radical (unpaired) electrons. The molecule has 0 amide bonds. The maximum Gasteiger partial charge on any atom is 0.306 e. The molecule has 2 aromatic carbocycles. The molecular weight excluding hydrogens is 403 g/mol. The van der Waals surface area contributed by atoms with Gasteiger partial charge in [0.15, 0.2) is 0 Å². The molecule has 0 saturated carbocycles. The van der Waals surface area contributed by atoms with Crippen molar-refractivity contribution in [1.29, 1.82) is 0 Å². The number of rotatable bonds is 6. The van der Waals surface area contributed by atoms with Crippen LogP contribution in [0.3, 0.4) is 0 Å². The average Bonchev–Trinajstić information content (AvgIpc) is 2.78. The van der Waals surface area contributed by atoms with E-state index in [1.165, 1.54) is 25.6 Å². The summed E-state index contributed by atoms with van der Waals surface area (Å²) < 4.78 is 26.1. The van der Waals surface area contributed by atoms with Crippen LogP contribution in [0.15, 0.2) is 48.8 Å². The van der Waals surface area contributed by atoms with Crippen LogP contribution in [0.4, 0.5) is 4.39 Å². The van der Waals surface area contributed by atoms with E-state index in [4.69, 9.17) is 14.6 Å². The zero-order valence-corrected chi connectivity index (χ0v) is 16.8. The van der Waals surface area contributed by atoms with Crippen molar-refractivity contribution in [2.45, 2.75) is 31.5 Å². The Kier molecular flexibility index (Phi) is 5.81. The maximum absolute atomic E-state index is 15.0. The molecule has 0 fully saturated rings. The Labute approximate surface area is 178 Å². The number of hydrogen-bond donors (Lipinski definition) is 2. The first kappa shape index (κ1) is 20.7. The number of carboxylic acids is 1. The monoisotopic (exact) mass is 424 g/mol. The van der Waals surface area contributed by atoms with Gasteiger partial charge in [0.05, 0.1) is 37.7 Å². The van der Waals surface area contributed by atoms with Crippen LogP contribution in [0.2, 0.25) is 0 Å². The van der Waals surface area contributed by atoms with Crippen molar-refractivity contribution >= 4 is 5.97 Å². The number of carboxylic acid groups (broad SMARTS) is 1. The fourth-order valence-corrected chi connectivity index (χ4v) is 3.63. The molecule has 31 heavy (non-hydrogen) atoms. The zero-order valence-electron chi connectivity index (χ0n) is 16.8. The lowest BCUT2D eigenvalue weighted by atomic mass is 9.94. The van der Waals surface area contributed by atoms with E-state index < -0.39 is 30.4 Å². The van der Waals surface area contributed by atoms with Gasteiger partial charge in [0.1, 0.15) is 17.7 Å². The van der Waals surface area contributed by atoms with Crippen LogP contribution >= 0.6 is 0 Å². The van der Waals surface area contributed by atoms with Crippen LogP contribution in [0.25, 0.3) is 11.3 Å². The molecule has 1 aromatic heterocycles. The largest absolute Gasteiger partial charge is 0.485 e. The normalized spacial score (nSPS) is 16.2. The number of benzene rings is 2. The average molecular weight is 424 g/mol. The third-order valence-electron chi connectivity index (χ3n) is 5.25. The molecule has 0 bridgehead atoms. The molecule has 7 nitrogen and oxygen atoms in total. The number of aliphatic hydroxyl groups is 1. The molecule has 160 valence electrons. The summed E-state index contributed by atoms with van der Waals surface area (Å²) in [6.45, 7) is 0. The standard InChI is InChI=1S/C23H21FN2O5/c1-30-22-12-25-11-18(26-22)14-4-6-16(17(24)8-14)20-7-5-13-2-3-15(9-21(13)31-20)19(27)10-23(28)29/h2-4,6,8-9,11-12,19-20,27H,5,7,10H2,1H3,(H,28,29)/t19-,20?/m1/s1. The predicted octanol–water partition coefficient (Wildman–Crippen LogP) is 3.87. The minimum Gasteiger partial charge on any atom is -0.485 e. The van der Waals surface area contributed by atoms with Gasteiger partial charge in [-0.25, -0.2) is 9.37 Å². The Morgan fingerprint density at radius 2 is 2.13 bits per heavy atom. The molecule has 1 unspecified atom stereocenters. The van der Waals surface area contributed by atoms with E-state index in [1.54, 1.807) is 24.3 Å². The summed E-state index contributed by atoms with van der Waals surface area (Å²) in [4.78, 5) is 19.2. The van der Waals surface area contributed by atoms with Gasteiger partial charge in [-0.05, 0) is 36.1 Å². The molecule has 2 N–H and O–H groups in total. The number of aromatic nitrogens is 2. The maximum atomic E-state index is 15.0. The highest BCUT2D eigenvalue weighted by Crippen LogP contribution is 2.38. The van der Waals surface area contributed by atoms with Gasteiger partial charge in [-0.3, -0.25) is 9.78 Å². The highest BCUT2D eigenvalue weighted by atomic mass is 19.1. The van der Waals surface area contributed by atoms with Crippen molar-refractivity contribution in [3.63, 3.8) is 0 Å². The predicted molar refractivity (Wildman–Crippen MR) is 109 cm³/mol. The van der Waals surface area contributed by atoms with Gasteiger partial charge in [0.25, 0.3) is 0 Å². The number of aryl methyl sites for hydroxylation is 1. The van der Waals surface area contributed by atoms with Crippen molar-refractivity contribution in [3.8, 4) is 22.9 Å². The first-order valence-electron chi connectivity index (χ1n) is 9.80. The summed E-state index contributed by atoms with van der Waals surface area (Å²) in [6.07, 6.45) is 2.26. The second-order valence-electron chi connectivity index (χ2n) is 7.31. The Morgan fingerprint density at radius 1 is 1.29 bits per heavy atom. The van der Waals surface area contributed by atoms with Crippen molar-refractivity contribution < 1.29 is 28.9 Å². The lowest BCUT2D eigenvalue weighted by Gasteiger charge is -2.27. The van der Waals surface area contributed by atoms with Crippen LogP contribution < -0.4 is 9.47 Å². The van der Waals surface area contributed by atoms with Gasteiger partial charge in [0.2, 0.25) is 5.88 Å². The third kappa shape index (κ3) is 4.49. The fourth-order valence-electron chi connectivity index (χ4n) is 3.63. The van der Waals surface area contributed by atoms with E-state index >= 15 is 0 Å². The summed E-state index contributed by atoms with van der Waals surface area (Å²) >= 11 is 0. The number of methoxy groups -OCH3 is 1. The van der Waals surface area contributed by atoms with E-state index in [2.05, 4.69) is 9.97 Å². The summed E-state index contributed by atoms with van der Waals surface area (Å²) in [7, 11) is 1.49. The Balaban J connectivity index is 1.57. The molecule has 0 spiro atoms. The summed E-state index contributed by atoms with van der Waals surface area (Å²) in [5.41, 5.74) is 2.88. The van der Waals surface area contributed by atoms with Gasteiger partial charge in [0, 0.05) is 11.1 Å². The summed E-state index contributed by atoms with van der Waals surface area (Å²) in [6, 6.07) is 9.96. The molecule has 3 aromatic rings. The molecule has 2 atom stereocenters. The van der Waals surface area contributed by atoms with E-state index in [1.807, 2.05) is 6.07 Å². The zero-order chi connectivity index (χ0) is 22.0. The number of aliphatic hydroxyl groups excluding tert-OH is 1. The van der Waals surface area contributed by atoms with Crippen molar-refractivity contribution in [2.24, 2.45) is 0 Å². The summed E-state index contributed by atoms with van der Waals surface area (Å²) in [5.74, 6) is -0.639. The minimum absolute atomic E-state index is 0.343. The van der Waals surface area contributed by atoms with Crippen LogP contribution in [-0.2, 0) is 11.2 Å².